The predicted molar refractivity (Wildman–Crippen MR) is 78.9 cm³/mol. The van der Waals surface area contributed by atoms with Gasteiger partial charge in [-0.1, -0.05) is 42.5 Å². The summed E-state index contributed by atoms with van der Waals surface area (Å²) in [7, 11) is 0. The number of aliphatic carboxylic acids is 2. The first kappa shape index (κ1) is 15.5. The van der Waals surface area contributed by atoms with Gasteiger partial charge in [-0.25, -0.2) is 9.86 Å². The Balaban J connectivity index is 2.36. The molecule has 6 heteroatoms. The summed E-state index contributed by atoms with van der Waals surface area (Å²) in [5, 5.41) is 29.1. The summed E-state index contributed by atoms with van der Waals surface area (Å²) in [5.74, 6) is -2.24. The maximum Gasteiger partial charge on any atom is 0.333 e. The summed E-state index contributed by atoms with van der Waals surface area (Å²) in [6.07, 6.45) is -0.211. The van der Waals surface area contributed by atoms with E-state index in [2.05, 4.69) is 0 Å². The van der Waals surface area contributed by atoms with Gasteiger partial charge in [0.15, 0.2) is 6.04 Å². The van der Waals surface area contributed by atoms with E-state index in [4.69, 9.17) is 5.11 Å². The van der Waals surface area contributed by atoms with Crippen molar-refractivity contribution in [3.05, 3.63) is 65.7 Å². The molecule has 0 unspecified atom stereocenters. The van der Waals surface area contributed by atoms with Crippen molar-refractivity contribution in [2.75, 3.05) is 5.06 Å². The minimum Gasteiger partial charge on any atom is -0.481 e. The normalized spacial score (nSPS) is 11.7. The van der Waals surface area contributed by atoms with Crippen LogP contribution in [0.4, 0.5) is 5.69 Å². The standard InChI is InChI=1S/C16H15NO5/c18-14(19)10-11-5-4-6-12(9-11)15(16(20)21)17(22)13-7-2-1-3-8-13/h1-9,15,22H,10H2,(H,18,19)(H,20,21)/t15-/m0/s1. The van der Waals surface area contributed by atoms with Crippen LogP contribution in [0.15, 0.2) is 54.6 Å². The van der Waals surface area contributed by atoms with Gasteiger partial charge in [0.2, 0.25) is 0 Å². The Morgan fingerprint density at radius 2 is 1.68 bits per heavy atom. The zero-order valence-corrected chi connectivity index (χ0v) is 11.6. The number of carboxylic acids is 2. The highest BCUT2D eigenvalue weighted by molar-refractivity contribution is 5.79. The SMILES string of the molecule is O=C(O)Cc1cccc([C@@H](C(=O)O)N(O)c2ccccc2)c1. The van der Waals surface area contributed by atoms with E-state index >= 15 is 0 Å². The molecular weight excluding hydrogens is 286 g/mol. The number of para-hydroxylation sites is 1. The number of carboxylic acid groups (broad SMARTS) is 2. The van der Waals surface area contributed by atoms with E-state index in [1.807, 2.05) is 0 Å². The van der Waals surface area contributed by atoms with Gasteiger partial charge >= 0.3 is 11.9 Å². The van der Waals surface area contributed by atoms with Crippen molar-refractivity contribution >= 4 is 17.6 Å². The van der Waals surface area contributed by atoms with Crippen LogP contribution in [0.3, 0.4) is 0 Å². The Kier molecular flexibility index (Phi) is 4.75. The average molecular weight is 301 g/mol. The predicted octanol–water partition coefficient (Wildman–Crippen LogP) is 2.34. The number of benzene rings is 2. The molecule has 2 rings (SSSR count). The van der Waals surface area contributed by atoms with Gasteiger partial charge in [0.05, 0.1) is 12.1 Å². The van der Waals surface area contributed by atoms with E-state index in [0.717, 1.165) is 0 Å². The summed E-state index contributed by atoms with van der Waals surface area (Å²) in [5.41, 5.74) is 1.11. The molecule has 0 radical (unpaired) electrons. The van der Waals surface area contributed by atoms with Gasteiger partial charge in [0.1, 0.15) is 0 Å². The largest absolute Gasteiger partial charge is 0.481 e. The first-order valence-corrected chi connectivity index (χ1v) is 6.55. The number of hydrogen-bond acceptors (Lipinski definition) is 4. The van der Waals surface area contributed by atoms with Gasteiger partial charge in [-0.15, -0.1) is 0 Å². The molecule has 0 heterocycles. The molecule has 0 aromatic heterocycles. The molecule has 0 aliphatic heterocycles. The second kappa shape index (κ2) is 6.73. The molecule has 3 N–H and O–H groups in total. The Morgan fingerprint density at radius 3 is 2.27 bits per heavy atom. The Labute approximate surface area is 126 Å². The first-order chi connectivity index (χ1) is 10.5. The van der Waals surface area contributed by atoms with Crippen molar-refractivity contribution in [3.63, 3.8) is 0 Å². The van der Waals surface area contributed by atoms with Crippen molar-refractivity contribution in [1.29, 1.82) is 0 Å². The first-order valence-electron chi connectivity index (χ1n) is 6.55. The van der Waals surface area contributed by atoms with Crippen LogP contribution < -0.4 is 5.06 Å². The zero-order chi connectivity index (χ0) is 16.1. The summed E-state index contributed by atoms with van der Waals surface area (Å²) in [4.78, 5) is 22.3. The van der Waals surface area contributed by atoms with Crippen molar-refractivity contribution in [2.45, 2.75) is 12.5 Å². The average Bonchev–Trinajstić information content (AvgIpc) is 2.47. The van der Waals surface area contributed by atoms with Gasteiger partial charge in [-0.3, -0.25) is 10.0 Å². The molecular formula is C16H15NO5. The Bertz CT molecular complexity index is 671. The monoisotopic (exact) mass is 301 g/mol. The fourth-order valence-corrected chi connectivity index (χ4v) is 2.17. The molecule has 0 fully saturated rings. The van der Waals surface area contributed by atoms with Gasteiger partial charge in [-0.05, 0) is 23.3 Å². The highest BCUT2D eigenvalue weighted by Crippen LogP contribution is 2.26. The van der Waals surface area contributed by atoms with Gasteiger partial charge < -0.3 is 10.2 Å². The highest BCUT2D eigenvalue weighted by atomic mass is 16.5. The third-order valence-electron chi connectivity index (χ3n) is 3.12. The van der Waals surface area contributed by atoms with Gasteiger partial charge in [0, 0.05) is 0 Å². The molecule has 0 spiro atoms. The van der Waals surface area contributed by atoms with Gasteiger partial charge in [-0.2, -0.15) is 0 Å². The maximum absolute atomic E-state index is 11.5. The summed E-state index contributed by atoms with van der Waals surface area (Å²) >= 11 is 0. The minimum absolute atomic E-state index is 0.211. The van der Waals surface area contributed by atoms with Crippen LogP contribution in [-0.2, 0) is 16.0 Å². The van der Waals surface area contributed by atoms with Gasteiger partial charge in [0.25, 0.3) is 0 Å². The second-order valence-corrected chi connectivity index (χ2v) is 4.74. The fourth-order valence-electron chi connectivity index (χ4n) is 2.17. The fraction of sp³-hybridized carbons (Fsp3) is 0.125. The Morgan fingerprint density at radius 1 is 1.00 bits per heavy atom. The molecule has 6 nitrogen and oxygen atoms in total. The van der Waals surface area contributed by atoms with Crippen molar-refractivity contribution in [1.82, 2.24) is 0 Å². The van der Waals surface area contributed by atoms with E-state index in [1.54, 1.807) is 42.5 Å². The molecule has 2 aromatic carbocycles. The van der Waals surface area contributed by atoms with E-state index in [-0.39, 0.29) is 6.42 Å². The molecule has 0 bridgehead atoms. The molecule has 2 aromatic rings. The van der Waals surface area contributed by atoms with E-state index in [0.29, 0.717) is 21.9 Å². The summed E-state index contributed by atoms with van der Waals surface area (Å²) < 4.78 is 0. The molecule has 0 aliphatic rings. The molecule has 0 saturated heterocycles. The van der Waals surface area contributed by atoms with Crippen LogP contribution in [0, 0.1) is 0 Å². The lowest BCUT2D eigenvalue weighted by Gasteiger charge is -2.25. The maximum atomic E-state index is 11.5. The Hall–Kier alpha value is -2.86. The molecule has 22 heavy (non-hydrogen) atoms. The number of anilines is 1. The zero-order valence-electron chi connectivity index (χ0n) is 11.6. The van der Waals surface area contributed by atoms with Crippen LogP contribution >= 0.6 is 0 Å². The highest BCUT2D eigenvalue weighted by Gasteiger charge is 2.27. The van der Waals surface area contributed by atoms with Crippen molar-refractivity contribution in [3.8, 4) is 0 Å². The second-order valence-electron chi connectivity index (χ2n) is 4.74. The number of hydroxylamine groups is 1. The lowest BCUT2D eigenvalue weighted by Crippen LogP contribution is -2.31. The lowest BCUT2D eigenvalue weighted by molar-refractivity contribution is -0.140. The molecule has 114 valence electrons. The van der Waals surface area contributed by atoms with Crippen LogP contribution in [0.2, 0.25) is 0 Å². The van der Waals surface area contributed by atoms with Crippen LogP contribution in [0.1, 0.15) is 17.2 Å². The minimum atomic E-state index is -1.32. The third kappa shape index (κ3) is 3.62. The van der Waals surface area contributed by atoms with Crippen LogP contribution in [0.5, 0.6) is 0 Å². The number of rotatable bonds is 6. The van der Waals surface area contributed by atoms with Crippen LogP contribution in [0.25, 0.3) is 0 Å². The molecule has 0 amide bonds. The number of nitrogens with zero attached hydrogens (tertiary/aromatic N) is 1. The van der Waals surface area contributed by atoms with E-state index < -0.39 is 18.0 Å². The number of hydrogen-bond donors (Lipinski definition) is 3. The van der Waals surface area contributed by atoms with E-state index in [9.17, 15) is 19.9 Å². The molecule has 0 aliphatic carbocycles. The lowest BCUT2D eigenvalue weighted by atomic mass is 10.0. The van der Waals surface area contributed by atoms with E-state index in [1.165, 1.54) is 12.1 Å². The molecule has 0 saturated carbocycles. The third-order valence-corrected chi connectivity index (χ3v) is 3.12. The van der Waals surface area contributed by atoms with Crippen molar-refractivity contribution in [2.24, 2.45) is 0 Å². The summed E-state index contributed by atoms with van der Waals surface area (Å²) in [6.45, 7) is 0. The van der Waals surface area contributed by atoms with Crippen molar-refractivity contribution < 1.29 is 25.0 Å². The molecule has 1 atom stereocenters. The quantitative estimate of drug-likeness (QED) is 0.708. The smallest absolute Gasteiger partial charge is 0.333 e. The number of carbonyl (C=O) groups is 2. The summed E-state index contributed by atoms with van der Waals surface area (Å²) in [6, 6.07) is 13.1. The topological polar surface area (TPSA) is 98.1 Å². The van der Waals surface area contributed by atoms with Crippen LogP contribution in [-0.4, -0.2) is 27.4 Å².